The number of para-hydroxylation sites is 1. The Morgan fingerprint density at radius 3 is 2.26 bits per heavy atom. The minimum Gasteiger partial charge on any atom is -0.465 e. The van der Waals surface area contributed by atoms with Gasteiger partial charge >= 0.3 is 5.97 Å². The molecule has 1 saturated heterocycles. The maximum Gasteiger partial charge on any atom is 0.337 e. The van der Waals surface area contributed by atoms with Crippen molar-refractivity contribution >= 4 is 46.5 Å². The number of thiocarbonyl (C=S) groups is 1. The Bertz CT molecular complexity index is 1220. The lowest BCUT2D eigenvalue weighted by molar-refractivity contribution is -0.122. The van der Waals surface area contributed by atoms with E-state index >= 15 is 0 Å². The molecule has 3 aromatic carbocycles. The fourth-order valence-corrected chi connectivity index (χ4v) is 4.34. The average molecular weight is 488 g/mol. The van der Waals surface area contributed by atoms with E-state index in [0.29, 0.717) is 29.3 Å². The molecule has 0 radical (unpaired) electrons. The van der Waals surface area contributed by atoms with E-state index in [-0.39, 0.29) is 18.2 Å². The second kappa shape index (κ2) is 10.9. The zero-order valence-corrected chi connectivity index (χ0v) is 20.0. The van der Waals surface area contributed by atoms with Crippen LogP contribution in [0.15, 0.2) is 84.9 Å². The Balaban J connectivity index is 1.57. The van der Waals surface area contributed by atoms with Crippen molar-refractivity contribution in [3.63, 3.8) is 0 Å². The number of methoxy groups -OCH3 is 1. The Morgan fingerprint density at radius 1 is 1.00 bits per heavy atom. The molecule has 3 aromatic rings. The van der Waals surface area contributed by atoms with Gasteiger partial charge in [0, 0.05) is 12.2 Å². The number of ether oxygens (including phenoxy) is 1. The quantitative estimate of drug-likeness (QED) is 0.306. The van der Waals surface area contributed by atoms with Crippen molar-refractivity contribution in [3.8, 4) is 0 Å². The summed E-state index contributed by atoms with van der Waals surface area (Å²) in [6.45, 7) is 0.460. The fraction of sp³-hybridized carbons (Fsp3) is 0.185. The minimum absolute atomic E-state index is 0.00296. The number of carbonyl (C=O) groups is 3. The molecule has 1 fully saturated rings. The number of rotatable bonds is 7. The van der Waals surface area contributed by atoms with Gasteiger partial charge in [-0.1, -0.05) is 48.5 Å². The number of hydrogen-bond donors (Lipinski definition) is 1. The molecule has 1 aliphatic rings. The van der Waals surface area contributed by atoms with E-state index in [1.54, 1.807) is 17.0 Å². The van der Waals surface area contributed by atoms with Crippen molar-refractivity contribution in [1.29, 1.82) is 0 Å². The first-order valence-electron chi connectivity index (χ1n) is 11.2. The van der Waals surface area contributed by atoms with E-state index in [1.807, 2.05) is 60.7 Å². The van der Waals surface area contributed by atoms with Gasteiger partial charge in [0.25, 0.3) is 5.91 Å². The van der Waals surface area contributed by atoms with E-state index in [1.165, 1.54) is 19.2 Å². The van der Waals surface area contributed by atoms with Gasteiger partial charge in [0.2, 0.25) is 5.91 Å². The molecule has 0 spiro atoms. The van der Waals surface area contributed by atoms with E-state index in [9.17, 15) is 14.4 Å². The third-order valence-electron chi connectivity index (χ3n) is 5.82. The standard InChI is InChI=1S/C27H25N3O4S/c1-34-26(33)20-12-14-22(15-13-20)30-24(31)18-23(25(30)32)29(17-16-19-8-4-2-5-9-19)27(35)28-21-10-6-3-7-11-21/h2-15,23H,16-18H2,1H3,(H,28,35)/t23-/m1/s1. The third kappa shape index (κ3) is 5.55. The number of carbonyl (C=O) groups excluding carboxylic acids is 3. The molecule has 1 heterocycles. The number of hydrogen-bond acceptors (Lipinski definition) is 5. The molecule has 0 aromatic heterocycles. The van der Waals surface area contributed by atoms with E-state index in [0.717, 1.165) is 16.2 Å². The Morgan fingerprint density at radius 2 is 1.63 bits per heavy atom. The summed E-state index contributed by atoms with van der Waals surface area (Å²) in [6.07, 6.45) is 0.659. The van der Waals surface area contributed by atoms with Crippen LogP contribution in [-0.4, -0.2) is 47.5 Å². The van der Waals surface area contributed by atoms with Gasteiger partial charge in [-0.05, 0) is 60.6 Å². The maximum atomic E-state index is 13.5. The van der Waals surface area contributed by atoms with Gasteiger partial charge in [0.1, 0.15) is 6.04 Å². The van der Waals surface area contributed by atoms with E-state index < -0.39 is 12.0 Å². The highest BCUT2D eigenvalue weighted by atomic mass is 32.1. The topological polar surface area (TPSA) is 79.0 Å². The monoisotopic (exact) mass is 487 g/mol. The van der Waals surface area contributed by atoms with Crippen molar-refractivity contribution in [3.05, 3.63) is 96.1 Å². The first-order chi connectivity index (χ1) is 17.0. The van der Waals surface area contributed by atoms with Crippen LogP contribution in [0.1, 0.15) is 22.3 Å². The first kappa shape index (κ1) is 24.1. The number of amides is 2. The van der Waals surface area contributed by atoms with Crippen LogP contribution in [0.25, 0.3) is 0 Å². The van der Waals surface area contributed by atoms with Crippen LogP contribution < -0.4 is 10.2 Å². The molecule has 0 bridgehead atoms. The van der Waals surface area contributed by atoms with Crippen LogP contribution in [0.3, 0.4) is 0 Å². The maximum absolute atomic E-state index is 13.5. The van der Waals surface area contributed by atoms with E-state index in [2.05, 4.69) is 5.32 Å². The molecule has 7 nitrogen and oxygen atoms in total. The molecule has 0 saturated carbocycles. The van der Waals surface area contributed by atoms with Crippen LogP contribution >= 0.6 is 12.2 Å². The highest BCUT2D eigenvalue weighted by molar-refractivity contribution is 7.80. The van der Waals surface area contributed by atoms with Gasteiger partial charge in [0.15, 0.2) is 5.11 Å². The van der Waals surface area contributed by atoms with Crippen LogP contribution in [-0.2, 0) is 20.7 Å². The molecular formula is C27H25N3O4S. The lowest BCUT2D eigenvalue weighted by Crippen LogP contribution is -2.48. The van der Waals surface area contributed by atoms with Gasteiger partial charge in [-0.15, -0.1) is 0 Å². The van der Waals surface area contributed by atoms with Crippen molar-refractivity contribution in [1.82, 2.24) is 4.90 Å². The minimum atomic E-state index is -0.741. The summed E-state index contributed by atoms with van der Waals surface area (Å²) in [5, 5.41) is 3.57. The SMILES string of the molecule is COC(=O)c1ccc(N2C(=O)C[C@@H](N(CCc3ccccc3)C(=S)Nc3ccccc3)C2=O)cc1. The number of anilines is 2. The van der Waals surface area contributed by atoms with Gasteiger partial charge in [-0.3, -0.25) is 9.59 Å². The average Bonchev–Trinajstić information content (AvgIpc) is 3.18. The lowest BCUT2D eigenvalue weighted by atomic mass is 10.1. The molecule has 1 atom stereocenters. The predicted octanol–water partition coefficient (Wildman–Crippen LogP) is 4.05. The molecular weight excluding hydrogens is 462 g/mol. The van der Waals surface area contributed by atoms with Crippen LogP contribution in [0.2, 0.25) is 0 Å². The molecule has 178 valence electrons. The summed E-state index contributed by atoms with van der Waals surface area (Å²) in [5.74, 6) is -1.16. The molecule has 1 N–H and O–H groups in total. The van der Waals surface area contributed by atoms with Gasteiger partial charge in [-0.25, -0.2) is 9.69 Å². The lowest BCUT2D eigenvalue weighted by Gasteiger charge is -2.30. The number of esters is 1. The molecule has 0 aliphatic carbocycles. The summed E-state index contributed by atoms with van der Waals surface area (Å²) < 4.78 is 4.72. The number of nitrogens with zero attached hydrogens (tertiary/aromatic N) is 2. The molecule has 1 aliphatic heterocycles. The van der Waals surface area contributed by atoms with Crippen LogP contribution in [0.4, 0.5) is 11.4 Å². The van der Waals surface area contributed by atoms with Gasteiger partial charge in [0.05, 0.1) is 24.8 Å². The zero-order valence-electron chi connectivity index (χ0n) is 19.2. The molecule has 2 amide bonds. The summed E-state index contributed by atoms with van der Waals surface area (Å²) in [7, 11) is 1.30. The van der Waals surface area contributed by atoms with Crippen molar-refractivity contribution in [2.45, 2.75) is 18.9 Å². The highest BCUT2D eigenvalue weighted by Crippen LogP contribution is 2.27. The molecule has 35 heavy (non-hydrogen) atoms. The summed E-state index contributed by atoms with van der Waals surface area (Å²) in [5.41, 5.74) is 2.64. The summed E-state index contributed by atoms with van der Waals surface area (Å²) in [6, 6.07) is 24.8. The Hall–Kier alpha value is -4.04. The Kier molecular flexibility index (Phi) is 7.52. The summed E-state index contributed by atoms with van der Waals surface area (Å²) in [4.78, 5) is 41.1. The number of benzene rings is 3. The van der Waals surface area contributed by atoms with Gasteiger partial charge < -0.3 is 15.0 Å². The second-order valence-electron chi connectivity index (χ2n) is 8.05. The molecule has 4 rings (SSSR count). The largest absolute Gasteiger partial charge is 0.465 e. The van der Waals surface area contributed by atoms with Crippen molar-refractivity contribution in [2.24, 2.45) is 0 Å². The predicted molar refractivity (Wildman–Crippen MR) is 138 cm³/mol. The zero-order chi connectivity index (χ0) is 24.8. The van der Waals surface area contributed by atoms with Crippen LogP contribution in [0.5, 0.6) is 0 Å². The van der Waals surface area contributed by atoms with Gasteiger partial charge in [-0.2, -0.15) is 0 Å². The summed E-state index contributed by atoms with van der Waals surface area (Å²) >= 11 is 5.70. The van der Waals surface area contributed by atoms with Crippen molar-refractivity contribution < 1.29 is 19.1 Å². The fourth-order valence-electron chi connectivity index (χ4n) is 4.01. The first-order valence-corrected chi connectivity index (χ1v) is 11.6. The van der Waals surface area contributed by atoms with E-state index in [4.69, 9.17) is 17.0 Å². The third-order valence-corrected chi connectivity index (χ3v) is 6.15. The number of nitrogens with one attached hydrogen (secondary N) is 1. The number of imide groups is 1. The highest BCUT2D eigenvalue weighted by Gasteiger charge is 2.43. The normalized spacial score (nSPS) is 15.1. The molecule has 0 unspecified atom stereocenters. The smallest absolute Gasteiger partial charge is 0.337 e. The van der Waals surface area contributed by atoms with Crippen LogP contribution in [0, 0.1) is 0 Å². The Labute approximate surface area is 209 Å². The molecule has 8 heteroatoms. The second-order valence-corrected chi connectivity index (χ2v) is 8.44. The van der Waals surface area contributed by atoms with Crippen molar-refractivity contribution in [2.75, 3.05) is 23.9 Å².